The van der Waals surface area contributed by atoms with Gasteiger partial charge in [-0.3, -0.25) is 4.79 Å². The van der Waals surface area contributed by atoms with E-state index < -0.39 is 0 Å². The molecule has 1 fully saturated rings. The lowest BCUT2D eigenvalue weighted by molar-refractivity contribution is 0.0936. The fourth-order valence-corrected chi connectivity index (χ4v) is 3.21. The lowest BCUT2D eigenvalue weighted by Crippen LogP contribution is -2.31. The Balaban J connectivity index is 1.56. The highest BCUT2D eigenvalue weighted by Gasteiger charge is 2.25. The summed E-state index contributed by atoms with van der Waals surface area (Å²) in [5.41, 5.74) is 3.18. The van der Waals surface area contributed by atoms with Gasteiger partial charge in [0.2, 0.25) is 0 Å². The van der Waals surface area contributed by atoms with Gasteiger partial charge in [-0.2, -0.15) is 0 Å². The van der Waals surface area contributed by atoms with E-state index in [1.54, 1.807) is 6.92 Å². The van der Waals surface area contributed by atoms with Gasteiger partial charge in [0.25, 0.3) is 5.91 Å². The van der Waals surface area contributed by atoms with Gasteiger partial charge in [-0.15, -0.1) is 0 Å². The molecule has 3 rings (SSSR count). The number of nitrogens with zero attached hydrogens (tertiary/aromatic N) is 2. The molecule has 24 heavy (non-hydrogen) atoms. The smallest absolute Gasteiger partial charge is 0.273 e. The normalized spacial score (nSPS) is 17.3. The summed E-state index contributed by atoms with van der Waals surface area (Å²) in [4.78, 5) is 14.6. The van der Waals surface area contributed by atoms with Crippen LogP contribution in [0, 0.1) is 19.8 Å². The molecule has 1 unspecified atom stereocenters. The Morgan fingerprint density at radius 3 is 2.96 bits per heavy atom. The molecule has 6 heteroatoms. The zero-order chi connectivity index (χ0) is 17.1. The number of aryl methyl sites for hydroxylation is 2. The van der Waals surface area contributed by atoms with E-state index >= 15 is 0 Å². The predicted octanol–water partition coefficient (Wildman–Crippen LogP) is 2.04. The van der Waals surface area contributed by atoms with E-state index in [9.17, 15) is 9.90 Å². The van der Waals surface area contributed by atoms with E-state index in [0.717, 1.165) is 19.5 Å². The summed E-state index contributed by atoms with van der Waals surface area (Å²) in [5, 5.41) is 16.0. The van der Waals surface area contributed by atoms with E-state index in [-0.39, 0.29) is 18.2 Å². The summed E-state index contributed by atoms with van der Waals surface area (Å²) in [5.74, 6) is 0.596. The van der Waals surface area contributed by atoms with Crippen molar-refractivity contribution in [1.82, 2.24) is 10.5 Å². The first-order valence-electron chi connectivity index (χ1n) is 8.25. The first kappa shape index (κ1) is 16.5. The van der Waals surface area contributed by atoms with Crippen molar-refractivity contribution in [3.8, 4) is 0 Å². The summed E-state index contributed by atoms with van der Waals surface area (Å²) < 4.78 is 4.99. The van der Waals surface area contributed by atoms with Crippen molar-refractivity contribution in [3.05, 3.63) is 46.8 Å². The van der Waals surface area contributed by atoms with E-state index in [1.807, 2.05) is 6.07 Å². The quantitative estimate of drug-likeness (QED) is 0.878. The Morgan fingerprint density at radius 2 is 2.21 bits per heavy atom. The highest BCUT2D eigenvalue weighted by molar-refractivity contribution is 5.93. The van der Waals surface area contributed by atoms with Crippen LogP contribution in [-0.2, 0) is 6.61 Å². The van der Waals surface area contributed by atoms with E-state index in [0.29, 0.717) is 23.8 Å². The molecule has 6 nitrogen and oxygen atoms in total. The van der Waals surface area contributed by atoms with Crippen LogP contribution in [0.15, 0.2) is 28.8 Å². The van der Waals surface area contributed by atoms with Crippen LogP contribution in [-0.4, -0.2) is 35.8 Å². The Hall–Kier alpha value is -2.34. The summed E-state index contributed by atoms with van der Waals surface area (Å²) in [6.07, 6.45) is 1.04. The molecule has 1 aromatic carbocycles. The second-order valence-electron chi connectivity index (χ2n) is 6.32. The highest BCUT2D eigenvalue weighted by atomic mass is 16.5. The van der Waals surface area contributed by atoms with Gasteiger partial charge in [-0.25, -0.2) is 0 Å². The third-order valence-corrected chi connectivity index (χ3v) is 4.65. The van der Waals surface area contributed by atoms with Crippen LogP contribution in [0.5, 0.6) is 0 Å². The Labute approximate surface area is 141 Å². The van der Waals surface area contributed by atoms with Crippen molar-refractivity contribution in [3.63, 3.8) is 0 Å². The maximum absolute atomic E-state index is 12.2. The number of aliphatic hydroxyl groups excluding tert-OH is 1. The highest BCUT2D eigenvalue weighted by Crippen LogP contribution is 2.26. The average Bonchev–Trinajstić information content (AvgIpc) is 3.19. The van der Waals surface area contributed by atoms with Crippen LogP contribution < -0.4 is 10.2 Å². The number of para-hydroxylation sites is 1. The Bertz CT molecular complexity index is 726. The van der Waals surface area contributed by atoms with Gasteiger partial charge in [0.15, 0.2) is 5.69 Å². The molecule has 2 heterocycles. The molecular formula is C18H23N3O3. The molecule has 1 atom stereocenters. The lowest BCUT2D eigenvalue weighted by atomic mass is 10.1. The summed E-state index contributed by atoms with van der Waals surface area (Å²) in [6.45, 7) is 6.08. The minimum absolute atomic E-state index is 0.184. The summed E-state index contributed by atoms with van der Waals surface area (Å²) >= 11 is 0. The monoisotopic (exact) mass is 329 g/mol. The van der Waals surface area contributed by atoms with Crippen molar-refractivity contribution in [2.45, 2.75) is 26.9 Å². The zero-order valence-corrected chi connectivity index (χ0v) is 14.1. The molecule has 2 aromatic rings. The van der Waals surface area contributed by atoms with Gasteiger partial charge < -0.3 is 19.8 Å². The van der Waals surface area contributed by atoms with Gasteiger partial charge in [0.05, 0.1) is 12.2 Å². The van der Waals surface area contributed by atoms with Crippen molar-refractivity contribution in [1.29, 1.82) is 0 Å². The second kappa shape index (κ2) is 7.05. The number of anilines is 1. The van der Waals surface area contributed by atoms with Crippen LogP contribution in [0.3, 0.4) is 0 Å². The van der Waals surface area contributed by atoms with Crippen LogP contribution >= 0.6 is 0 Å². The maximum Gasteiger partial charge on any atom is 0.273 e. The molecule has 128 valence electrons. The topological polar surface area (TPSA) is 78.6 Å². The molecule has 0 bridgehead atoms. The van der Waals surface area contributed by atoms with Crippen LogP contribution in [0.25, 0.3) is 0 Å². The zero-order valence-electron chi connectivity index (χ0n) is 14.1. The number of carbonyl (C=O) groups excluding carboxylic acids is 1. The van der Waals surface area contributed by atoms with Gasteiger partial charge in [0, 0.05) is 25.3 Å². The number of rotatable bonds is 5. The first-order valence-corrected chi connectivity index (χ1v) is 8.25. The SMILES string of the molecule is Cc1ccccc1N1CCC(CNC(=O)c2noc(C)c2CO)C1. The van der Waals surface area contributed by atoms with E-state index in [1.165, 1.54) is 11.3 Å². The molecule has 1 saturated heterocycles. The fraction of sp³-hybridized carbons (Fsp3) is 0.444. The third-order valence-electron chi connectivity index (χ3n) is 4.65. The van der Waals surface area contributed by atoms with Crippen LogP contribution in [0.4, 0.5) is 5.69 Å². The van der Waals surface area contributed by atoms with Crippen LogP contribution in [0.1, 0.15) is 33.8 Å². The van der Waals surface area contributed by atoms with E-state index in [4.69, 9.17) is 4.52 Å². The number of benzene rings is 1. The Kier molecular flexibility index (Phi) is 4.85. The van der Waals surface area contributed by atoms with Gasteiger partial charge in [0.1, 0.15) is 5.76 Å². The number of aliphatic hydroxyl groups is 1. The second-order valence-corrected chi connectivity index (χ2v) is 6.32. The number of aromatic nitrogens is 1. The van der Waals surface area contributed by atoms with Gasteiger partial charge in [-0.1, -0.05) is 23.4 Å². The average molecular weight is 329 g/mol. The molecule has 1 aliphatic rings. The molecule has 2 N–H and O–H groups in total. The molecular weight excluding hydrogens is 306 g/mol. The standard InChI is InChI=1S/C18H23N3O3/c1-12-5-3-4-6-16(12)21-8-7-14(10-21)9-19-18(23)17-15(11-22)13(2)24-20-17/h3-6,14,22H,7-11H2,1-2H3,(H,19,23). The first-order chi connectivity index (χ1) is 11.6. The van der Waals surface area contributed by atoms with Gasteiger partial charge >= 0.3 is 0 Å². The number of hydrogen-bond donors (Lipinski definition) is 2. The number of carbonyl (C=O) groups is 1. The summed E-state index contributed by atoms with van der Waals surface area (Å²) in [6, 6.07) is 8.36. The lowest BCUT2D eigenvalue weighted by Gasteiger charge is -2.21. The van der Waals surface area contributed by atoms with Crippen molar-refractivity contribution in [2.24, 2.45) is 5.92 Å². The van der Waals surface area contributed by atoms with Crippen molar-refractivity contribution >= 4 is 11.6 Å². The molecule has 0 aliphatic carbocycles. The third kappa shape index (κ3) is 3.28. The molecule has 1 aliphatic heterocycles. The van der Waals surface area contributed by atoms with E-state index in [2.05, 4.69) is 40.5 Å². The molecule has 0 saturated carbocycles. The van der Waals surface area contributed by atoms with Crippen LogP contribution in [0.2, 0.25) is 0 Å². The predicted molar refractivity (Wildman–Crippen MR) is 91.0 cm³/mol. The number of hydrogen-bond acceptors (Lipinski definition) is 5. The molecule has 1 amide bonds. The maximum atomic E-state index is 12.2. The van der Waals surface area contributed by atoms with Gasteiger partial charge in [-0.05, 0) is 37.8 Å². The molecule has 1 aromatic heterocycles. The van der Waals surface area contributed by atoms with Crippen molar-refractivity contribution in [2.75, 3.05) is 24.5 Å². The largest absolute Gasteiger partial charge is 0.391 e. The molecule has 0 spiro atoms. The van der Waals surface area contributed by atoms with Crippen molar-refractivity contribution < 1.29 is 14.4 Å². The summed E-state index contributed by atoms with van der Waals surface area (Å²) in [7, 11) is 0. The molecule has 0 radical (unpaired) electrons. The number of nitrogens with one attached hydrogen (secondary N) is 1. The minimum Gasteiger partial charge on any atom is -0.391 e. The fourth-order valence-electron chi connectivity index (χ4n) is 3.21. The Morgan fingerprint density at radius 1 is 1.42 bits per heavy atom. The number of amides is 1. The minimum atomic E-state index is -0.287.